The van der Waals surface area contributed by atoms with E-state index in [0.29, 0.717) is 24.7 Å². The zero-order valence-corrected chi connectivity index (χ0v) is 16.1. The molecule has 0 spiro atoms. The van der Waals surface area contributed by atoms with Crippen molar-refractivity contribution in [1.82, 2.24) is 0 Å². The summed E-state index contributed by atoms with van der Waals surface area (Å²) in [4.78, 5) is -1.87. The molecule has 1 aliphatic carbocycles. The van der Waals surface area contributed by atoms with Gasteiger partial charge in [0.1, 0.15) is 10.6 Å². The molecule has 0 aromatic heterocycles. The highest BCUT2D eigenvalue weighted by atomic mass is 32.5. The number of hydrogen-bond donors (Lipinski definition) is 0. The van der Waals surface area contributed by atoms with E-state index in [1.54, 1.807) is 0 Å². The molecule has 0 saturated heterocycles. The molecule has 2 rings (SSSR count). The minimum Gasteiger partial charge on any atom is -0.493 e. The normalized spacial score (nSPS) is 23.9. The van der Waals surface area contributed by atoms with Crippen LogP contribution in [0.1, 0.15) is 64.7 Å². The smallest absolute Gasteiger partial charge is 0.310 e. The third-order valence-electron chi connectivity index (χ3n) is 5.19. The molecule has 0 aliphatic heterocycles. The minimum absolute atomic E-state index is 0.206. The molecule has 1 nitrogen and oxygen atoms in total. The Labute approximate surface area is 153 Å². The van der Waals surface area contributed by atoms with E-state index in [0.717, 1.165) is 30.9 Å². The molecule has 1 aromatic carbocycles. The van der Waals surface area contributed by atoms with Crippen molar-refractivity contribution in [2.45, 2.75) is 69.6 Å². The SMILES string of the molecule is CCCCCCC1CCC(COc2ccc(S(F)(F)(F)(F)F)cc2)CC1. The van der Waals surface area contributed by atoms with Crippen LogP contribution in [0.3, 0.4) is 0 Å². The summed E-state index contributed by atoms with van der Waals surface area (Å²) in [5.41, 5.74) is 0. The van der Waals surface area contributed by atoms with Crippen LogP contribution >= 0.6 is 10.2 Å². The first kappa shape index (κ1) is 21.3. The molecule has 0 unspecified atom stereocenters. The molecule has 0 radical (unpaired) electrons. The van der Waals surface area contributed by atoms with E-state index in [9.17, 15) is 19.4 Å². The lowest BCUT2D eigenvalue weighted by atomic mass is 9.80. The van der Waals surface area contributed by atoms with Crippen LogP contribution < -0.4 is 4.74 Å². The molecular formula is C19H29F5OS. The fraction of sp³-hybridized carbons (Fsp3) is 0.684. The first-order valence-corrected chi connectivity index (χ1v) is 11.4. The molecular weight excluding hydrogens is 371 g/mol. The van der Waals surface area contributed by atoms with E-state index in [2.05, 4.69) is 6.92 Å². The Kier molecular flexibility index (Phi) is 6.20. The molecule has 0 atom stereocenters. The first-order valence-electron chi connectivity index (χ1n) is 9.45. The van der Waals surface area contributed by atoms with Gasteiger partial charge in [0.15, 0.2) is 0 Å². The van der Waals surface area contributed by atoms with Crippen molar-refractivity contribution in [2.75, 3.05) is 6.61 Å². The lowest BCUT2D eigenvalue weighted by molar-refractivity contribution is 0.177. The van der Waals surface area contributed by atoms with Gasteiger partial charge in [0.05, 0.1) is 6.61 Å². The predicted octanol–water partition coefficient (Wildman–Crippen LogP) is 8.50. The van der Waals surface area contributed by atoms with Crippen molar-refractivity contribution >= 4 is 10.2 Å². The Morgan fingerprint density at radius 2 is 1.42 bits per heavy atom. The van der Waals surface area contributed by atoms with Gasteiger partial charge in [-0.15, -0.1) is 0 Å². The summed E-state index contributed by atoms with van der Waals surface area (Å²) in [7, 11) is -9.60. The lowest BCUT2D eigenvalue weighted by Gasteiger charge is -2.40. The largest absolute Gasteiger partial charge is 0.493 e. The summed E-state index contributed by atoms with van der Waals surface area (Å²) in [6.07, 6.45) is 10.9. The van der Waals surface area contributed by atoms with Gasteiger partial charge in [-0.25, -0.2) is 0 Å². The quantitative estimate of drug-likeness (QED) is 0.298. The maximum Gasteiger partial charge on any atom is 0.310 e. The van der Waals surface area contributed by atoms with Gasteiger partial charge in [0, 0.05) is 0 Å². The van der Waals surface area contributed by atoms with Gasteiger partial charge in [-0.3, -0.25) is 0 Å². The van der Waals surface area contributed by atoms with Crippen LogP contribution in [-0.2, 0) is 0 Å². The molecule has 0 heterocycles. The number of unbranched alkanes of at least 4 members (excludes halogenated alkanes) is 3. The van der Waals surface area contributed by atoms with Gasteiger partial charge in [0.25, 0.3) is 0 Å². The number of ether oxygens (including phenoxy) is 1. The molecule has 0 bridgehead atoms. The fourth-order valence-electron chi connectivity index (χ4n) is 3.55. The van der Waals surface area contributed by atoms with Gasteiger partial charge < -0.3 is 4.74 Å². The highest BCUT2D eigenvalue weighted by Gasteiger charge is 2.65. The molecule has 1 saturated carbocycles. The van der Waals surface area contributed by atoms with Crippen molar-refractivity contribution in [3.63, 3.8) is 0 Å². The summed E-state index contributed by atoms with van der Waals surface area (Å²) in [5, 5.41) is 0. The molecule has 0 N–H and O–H groups in total. The van der Waals surface area contributed by atoms with Crippen LogP contribution in [0.25, 0.3) is 0 Å². The number of halogens is 5. The van der Waals surface area contributed by atoms with Gasteiger partial charge in [-0.05, 0) is 48.9 Å². The number of rotatable bonds is 9. The van der Waals surface area contributed by atoms with E-state index in [1.165, 1.54) is 44.9 Å². The van der Waals surface area contributed by atoms with E-state index >= 15 is 0 Å². The van der Waals surface area contributed by atoms with Gasteiger partial charge in [0.2, 0.25) is 0 Å². The average Bonchev–Trinajstić information content (AvgIpc) is 2.56. The summed E-state index contributed by atoms with van der Waals surface area (Å²) in [6, 6.07) is 2.77. The molecule has 152 valence electrons. The Hall–Kier alpha value is -0.980. The summed E-state index contributed by atoms with van der Waals surface area (Å²) < 4.78 is 68.9. The van der Waals surface area contributed by atoms with Gasteiger partial charge in [-0.2, -0.15) is 0 Å². The molecule has 7 heteroatoms. The number of hydrogen-bond acceptors (Lipinski definition) is 1. The third kappa shape index (κ3) is 6.97. The van der Waals surface area contributed by atoms with E-state index in [1.807, 2.05) is 0 Å². The zero-order valence-electron chi connectivity index (χ0n) is 15.2. The zero-order chi connectivity index (χ0) is 19.3. The van der Waals surface area contributed by atoms with Crippen molar-refractivity contribution in [3.8, 4) is 5.75 Å². The van der Waals surface area contributed by atoms with E-state index in [-0.39, 0.29) is 5.75 Å². The van der Waals surface area contributed by atoms with Crippen LogP contribution in [0.2, 0.25) is 0 Å². The van der Waals surface area contributed by atoms with Crippen molar-refractivity contribution < 1.29 is 24.2 Å². The topological polar surface area (TPSA) is 9.23 Å². The molecule has 1 fully saturated rings. The van der Waals surface area contributed by atoms with Crippen LogP contribution in [0.5, 0.6) is 5.75 Å². The van der Waals surface area contributed by atoms with Crippen molar-refractivity contribution in [2.24, 2.45) is 11.8 Å². The Bertz CT molecular complexity index is 562. The fourth-order valence-corrected chi connectivity index (χ4v) is 4.20. The summed E-state index contributed by atoms with van der Waals surface area (Å²) in [6.45, 7) is 2.63. The highest BCUT2D eigenvalue weighted by Crippen LogP contribution is 3.02. The van der Waals surface area contributed by atoms with Crippen LogP contribution in [0.4, 0.5) is 19.4 Å². The molecule has 0 amide bonds. The van der Waals surface area contributed by atoms with Crippen LogP contribution in [0.15, 0.2) is 29.2 Å². The summed E-state index contributed by atoms with van der Waals surface area (Å²) >= 11 is 0. The average molecular weight is 400 g/mol. The second kappa shape index (κ2) is 7.56. The van der Waals surface area contributed by atoms with Crippen LogP contribution in [0, 0.1) is 11.8 Å². The Morgan fingerprint density at radius 1 is 0.846 bits per heavy atom. The first-order chi connectivity index (χ1) is 12.0. The predicted molar refractivity (Wildman–Crippen MR) is 97.5 cm³/mol. The Balaban J connectivity index is 1.74. The molecule has 1 aromatic rings. The van der Waals surface area contributed by atoms with E-state index in [4.69, 9.17) is 4.74 Å². The summed E-state index contributed by atoms with van der Waals surface area (Å²) in [5.74, 6) is 1.37. The Morgan fingerprint density at radius 3 is 1.96 bits per heavy atom. The third-order valence-corrected chi connectivity index (χ3v) is 6.35. The second-order valence-electron chi connectivity index (χ2n) is 7.49. The van der Waals surface area contributed by atoms with Gasteiger partial charge in [-0.1, -0.05) is 71.3 Å². The van der Waals surface area contributed by atoms with Crippen molar-refractivity contribution in [1.29, 1.82) is 0 Å². The minimum atomic E-state index is -9.60. The molecule has 26 heavy (non-hydrogen) atoms. The lowest BCUT2D eigenvalue weighted by Crippen LogP contribution is -2.20. The highest BCUT2D eigenvalue weighted by molar-refractivity contribution is 8.45. The second-order valence-corrected chi connectivity index (χ2v) is 9.90. The maximum absolute atomic E-state index is 12.7. The van der Waals surface area contributed by atoms with Crippen LogP contribution in [-0.4, -0.2) is 6.61 Å². The maximum atomic E-state index is 12.7. The monoisotopic (exact) mass is 400 g/mol. The number of benzene rings is 1. The molecule has 1 aliphatic rings. The standard InChI is InChI=1S/C19H29F5OS/c1-2-3-4-5-6-16-7-9-17(10-8-16)15-25-18-11-13-19(14-12-18)26(20,21,22,23)24/h11-14,16-17H,2-10,15H2,1H3. The van der Waals surface area contributed by atoms with Crippen molar-refractivity contribution in [3.05, 3.63) is 24.3 Å². The van der Waals surface area contributed by atoms with E-state index < -0.39 is 15.1 Å². The van der Waals surface area contributed by atoms with Gasteiger partial charge >= 0.3 is 10.2 Å².